The fourth-order valence-corrected chi connectivity index (χ4v) is 1.47. The van der Waals surface area contributed by atoms with E-state index in [0.29, 0.717) is 5.56 Å². The Balaban J connectivity index is 2.15. The minimum Gasteiger partial charge on any atom is -0.356 e. The highest BCUT2D eigenvalue weighted by Crippen LogP contribution is 2.45. The molecule has 1 heterocycles. The molecule has 0 aromatic heterocycles. The first-order chi connectivity index (χ1) is 7.82. The molecule has 0 bridgehead atoms. The number of halogens is 4. The molecule has 1 aliphatic heterocycles. The molecular weight excluding hydrogens is 244 g/mol. The monoisotopic (exact) mass is 252 g/mol. The summed E-state index contributed by atoms with van der Waals surface area (Å²) in [4.78, 5) is 8.37. The summed E-state index contributed by atoms with van der Waals surface area (Å²) >= 11 is 0. The summed E-state index contributed by atoms with van der Waals surface area (Å²) in [5.41, 5.74) is 0.298. The molecule has 1 fully saturated rings. The van der Waals surface area contributed by atoms with Gasteiger partial charge in [0.15, 0.2) is 0 Å². The van der Waals surface area contributed by atoms with Crippen molar-refractivity contribution in [3.8, 4) is 0 Å². The van der Waals surface area contributed by atoms with Crippen LogP contribution >= 0.6 is 0 Å². The summed E-state index contributed by atoms with van der Waals surface area (Å²) in [5.74, 6) is -3.83. The topological polar surface area (TPSA) is 38.7 Å². The molecule has 1 aliphatic rings. The first kappa shape index (κ1) is 12.3. The predicted octanol–water partition coefficient (Wildman–Crippen LogP) is 2.47. The molecule has 7 heteroatoms. The van der Waals surface area contributed by atoms with Gasteiger partial charge in [-0.2, -0.15) is 18.1 Å². The lowest BCUT2D eigenvalue weighted by molar-refractivity contribution is -0.448. The summed E-state index contributed by atoms with van der Waals surface area (Å²) in [6.45, 7) is 0. The van der Waals surface area contributed by atoms with Crippen LogP contribution in [0.2, 0.25) is 0 Å². The lowest BCUT2D eigenvalue weighted by Crippen LogP contribution is -2.44. The van der Waals surface area contributed by atoms with E-state index >= 15 is 0 Å². The van der Waals surface area contributed by atoms with Crippen LogP contribution in [-0.4, -0.2) is 17.1 Å². The zero-order chi connectivity index (χ0) is 12.7. The van der Waals surface area contributed by atoms with Crippen molar-refractivity contribution in [3.63, 3.8) is 0 Å². The Morgan fingerprint density at radius 1 is 1.24 bits per heavy atom. The molecule has 1 unspecified atom stereocenters. The Hall–Kier alpha value is -1.18. The molecule has 17 heavy (non-hydrogen) atoms. The maximum Gasteiger partial charge on any atom is 0.446 e. The van der Waals surface area contributed by atoms with Crippen molar-refractivity contribution in [1.29, 1.82) is 0 Å². The third kappa shape index (κ3) is 2.26. The van der Waals surface area contributed by atoms with E-state index in [4.69, 9.17) is 5.11 Å². The van der Waals surface area contributed by atoms with Gasteiger partial charge in [0, 0.05) is 6.42 Å². The van der Waals surface area contributed by atoms with Crippen molar-refractivity contribution in [2.45, 2.75) is 24.5 Å². The van der Waals surface area contributed by atoms with E-state index in [1.54, 1.807) is 0 Å². The van der Waals surface area contributed by atoms with Crippen molar-refractivity contribution in [2.24, 2.45) is 0 Å². The van der Waals surface area contributed by atoms with Gasteiger partial charge in [-0.3, -0.25) is 0 Å². The summed E-state index contributed by atoms with van der Waals surface area (Å²) in [6, 6.07) is 4.71. The van der Waals surface area contributed by atoms with Gasteiger partial charge in [0.2, 0.25) is 0 Å². The smallest absolute Gasteiger partial charge is 0.356 e. The summed E-state index contributed by atoms with van der Waals surface area (Å²) in [6.07, 6.45) is -6.81. The van der Waals surface area contributed by atoms with Gasteiger partial charge in [-0.1, -0.05) is 12.1 Å². The highest BCUT2D eigenvalue weighted by molar-refractivity contribution is 5.19. The molecule has 94 valence electrons. The van der Waals surface area contributed by atoms with Crippen molar-refractivity contribution < 1.29 is 32.4 Å². The molecule has 0 radical (unpaired) electrons. The molecule has 0 spiro atoms. The molecule has 3 nitrogen and oxygen atoms in total. The van der Waals surface area contributed by atoms with Gasteiger partial charge in [0.1, 0.15) is 11.9 Å². The Kier molecular flexibility index (Phi) is 2.84. The summed E-state index contributed by atoms with van der Waals surface area (Å²) in [5, 5.41) is 9.17. The second kappa shape index (κ2) is 3.94. The van der Waals surface area contributed by atoms with Crippen molar-refractivity contribution in [1.82, 2.24) is 0 Å². The predicted molar refractivity (Wildman–Crippen MR) is 46.9 cm³/mol. The van der Waals surface area contributed by atoms with Gasteiger partial charge in [-0.05, 0) is 17.7 Å². The number of aliphatic hydroxyl groups is 1. The molecule has 2 atom stereocenters. The molecule has 2 rings (SSSR count). The summed E-state index contributed by atoms with van der Waals surface area (Å²) < 4.78 is 49.8. The maximum absolute atomic E-state index is 12.6. The van der Waals surface area contributed by atoms with Gasteiger partial charge < -0.3 is 5.11 Å². The first-order valence-corrected chi connectivity index (χ1v) is 4.71. The Bertz CT molecular complexity index is 403. The molecule has 0 saturated carbocycles. The van der Waals surface area contributed by atoms with Crippen molar-refractivity contribution >= 4 is 0 Å². The van der Waals surface area contributed by atoms with Gasteiger partial charge in [0.25, 0.3) is 5.79 Å². The van der Waals surface area contributed by atoms with E-state index in [9.17, 15) is 17.6 Å². The molecular formula is C10H8F4O3. The molecule has 1 aromatic rings. The Morgan fingerprint density at radius 2 is 1.82 bits per heavy atom. The van der Waals surface area contributed by atoms with Crippen LogP contribution in [0, 0.1) is 5.82 Å². The van der Waals surface area contributed by atoms with E-state index in [-0.39, 0.29) is 0 Å². The zero-order valence-corrected chi connectivity index (χ0v) is 8.37. The standard InChI is InChI=1S/C10H8F4O3/c11-7-3-1-6(2-4-7)8-5-9(15,17-16-8)10(12,13)14/h1-4,8,15H,5H2/t8-,9?/m0/s1. The number of benzene rings is 1. The van der Waals surface area contributed by atoms with Crippen LogP contribution in [0.25, 0.3) is 0 Å². The van der Waals surface area contributed by atoms with Crippen molar-refractivity contribution in [2.75, 3.05) is 0 Å². The van der Waals surface area contributed by atoms with Gasteiger partial charge in [-0.25, -0.2) is 9.28 Å². The lowest BCUT2D eigenvalue weighted by Gasteiger charge is -2.21. The zero-order valence-electron chi connectivity index (χ0n) is 8.37. The number of rotatable bonds is 1. The third-order valence-electron chi connectivity index (χ3n) is 2.45. The second-order valence-corrected chi connectivity index (χ2v) is 3.71. The van der Waals surface area contributed by atoms with Gasteiger partial charge >= 0.3 is 6.18 Å². The Morgan fingerprint density at radius 3 is 2.29 bits per heavy atom. The van der Waals surface area contributed by atoms with E-state index in [0.717, 1.165) is 12.1 Å². The van der Waals surface area contributed by atoms with E-state index < -0.39 is 30.3 Å². The van der Waals surface area contributed by atoms with Crippen LogP contribution in [0.5, 0.6) is 0 Å². The average Bonchev–Trinajstić information content (AvgIpc) is 2.63. The fraction of sp³-hybridized carbons (Fsp3) is 0.400. The number of hydrogen-bond donors (Lipinski definition) is 1. The number of hydrogen-bond acceptors (Lipinski definition) is 3. The lowest BCUT2D eigenvalue weighted by atomic mass is 10.0. The van der Waals surface area contributed by atoms with Gasteiger partial charge in [0.05, 0.1) is 0 Å². The molecule has 1 aromatic carbocycles. The molecule has 0 aliphatic carbocycles. The van der Waals surface area contributed by atoms with Crippen LogP contribution in [0.3, 0.4) is 0 Å². The summed E-state index contributed by atoms with van der Waals surface area (Å²) in [7, 11) is 0. The average molecular weight is 252 g/mol. The maximum atomic E-state index is 12.6. The largest absolute Gasteiger partial charge is 0.446 e. The fourth-order valence-electron chi connectivity index (χ4n) is 1.47. The van der Waals surface area contributed by atoms with Crippen LogP contribution in [0.15, 0.2) is 24.3 Å². The molecule has 1 saturated heterocycles. The molecule has 0 amide bonds. The highest BCUT2D eigenvalue weighted by Gasteiger charge is 2.61. The quantitative estimate of drug-likeness (QED) is 0.616. The minimum atomic E-state index is -4.94. The van der Waals surface area contributed by atoms with E-state index in [1.165, 1.54) is 12.1 Å². The van der Waals surface area contributed by atoms with E-state index in [2.05, 4.69) is 9.78 Å². The van der Waals surface area contributed by atoms with Crippen LogP contribution < -0.4 is 0 Å². The SMILES string of the molecule is OC1(C(F)(F)F)C[C@@H](c2ccc(F)cc2)OO1. The van der Waals surface area contributed by atoms with Gasteiger partial charge in [-0.15, -0.1) is 0 Å². The Labute approximate surface area is 93.5 Å². The van der Waals surface area contributed by atoms with Crippen LogP contribution in [-0.2, 0) is 9.78 Å². The van der Waals surface area contributed by atoms with E-state index in [1.807, 2.05) is 0 Å². The number of alkyl halides is 3. The first-order valence-electron chi connectivity index (χ1n) is 4.71. The van der Waals surface area contributed by atoms with Crippen molar-refractivity contribution in [3.05, 3.63) is 35.6 Å². The second-order valence-electron chi connectivity index (χ2n) is 3.71. The highest BCUT2D eigenvalue weighted by atomic mass is 19.4. The van der Waals surface area contributed by atoms with Crippen LogP contribution in [0.4, 0.5) is 17.6 Å². The van der Waals surface area contributed by atoms with Crippen LogP contribution in [0.1, 0.15) is 18.1 Å². The third-order valence-corrected chi connectivity index (χ3v) is 2.45. The minimum absolute atomic E-state index is 0.298. The molecule has 1 N–H and O–H groups in total. The normalized spacial score (nSPS) is 29.6.